The van der Waals surface area contributed by atoms with Crippen LogP contribution in [0.3, 0.4) is 0 Å². The van der Waals surface area contributed by atoms with Crippen LogP contribution in [0.4, 0.5) is 0 Å². The van der Waals surface area contributed by atoms with Crippen LogP contribution in [-0.4, -0.2) is 14.7 Å². The topological polar surface area (TPSA) is 38.1 Å². The Balaban J connectivity index is 2.47. The molecule has 3 heteroatoms. The Bertz CT molecular complexity index is 381. The molecule has 0 amide bonds. The smallest absolute Gasteiger partial charge is 0.0995 e. The van der Waals surface area contributed by atoms with E-state index in [0.717, 1.165) is 11.4 Å². The van der Waals surface area contributed by atoms with Gasteiger partial charge in [0.2, 0.25) is 0 Å². The van der Waals surface area contributed by atoms with E-state index in [4.69, 9.17) is 5.11 Å². The summed E-state index contributed by atoms with van der Waals surface area (Å²) >= 11 is 0. The van der Waals surface area contributed by atoms with E-state index >= 15 is 0 Å². The van der Waals surface area contributed by atoms with E-state index in [-0.39, 0.29) is 6.61 Å². The Morgan fingerprint density at radius 2 is 2.00 bits per heavy atom. The molecule has 0 spiro atoms. The van der Waals surface area contributed by atoms with Gasteiger partial charge in [0, 0.05) is 5.69 Å². The highest BCUT2D eigenvalue weighted by atomic mass is 16.3. The summed E-state index contributed by atoms with van der Waals surface area (Å²) in [6, 6.07) is 9.81. The van der Waals surface area contributed by atoms with Gasteiger partial charge in [-0.15, -0.1) is 0 Å². The van der Waals surface area contributed by atoms with Crippen LogP contribution in [0.25, 0.3) is 5.69 Å². The third kappa shape index (κ3) is 1.46. The van der Waals surface area contributed by atoms with Gasteiger partial charge in [0.15, 0.2) is 0 Å². The van der Waals surface area contributed by atoms with Crippen LogP contribution in [-0.2, 0) is 6.61 Å². The van der Waals surface area contributed by atoms with Crippen LogP contribution in [0.5, 0.6) is 0 Å². The number of para-hydroxylation sites is 1. The van der Waals surface area contributed by atoms with Crippen LogP contribution >= 0.6 is 0 Å². The summed E-state index contributed by atoms with van der Waals surface area (Å²) in [6.45, 7) is 0.00882. The maximum Gasteiger partial charge on any atom is 0.0995 e. The molecule has 1 aromatic carbocycles. The average Bonchev–Trinajstić information content (AvgIpc) is 2.67. The van der Waals surface area contributed by atoms with Gasteiger partial charge in [0.1, 0.15) is 0 Å². The Hall–Kier alpha value is -1.61. The molecule has 0 saturated heterocycles. The van der Waals surface area contributed by atoms with Gasteiger partial charge < -0.3 is 9.67 Å². The summed E-state index contributed by atoms with van der Waals surface area (Å²) in [5, 5.41) is 9.01. The van der Waals surface area contributed by atoms with Crippen molar-refractivity contribution in [3.05, 3.63) is 48.5 Å². The SMILES string of the molecule is OCc1cncn1-c1ccccc1. The minimum atomic E-state index is 0.00882. The molecule has 1 aromatic heterocycles. The maximum atomic E-state index is 9.01. The molecule has 0 bridgehead atoms. The van der Waals surface area contributed by atoms with Gasteiger partial charge in [-0.05, 0) is 12.1 Å². The standard InChI is InChI=1S/C10H10N2O/c13-7-10-6-11-8-12(10)9-4-2-1-3-5-9/h1-6,8,13H,7H2. The molecule has 1 N–H and O–H groups in total. The van der Waals surface area contributed by atoms with Crippen LogP contribution in [0.2, 0.25) is 0 Å². The first kappa shape index (κ1) is 8.01. The third-order valence-electron chi connectivity index (χ3n) is 1.91. The van der Waals surface area contributed by atoms with Crippen LogP contribution in [0, 0.1) is 0 Å². The highest BCUT2D eigenvalue weighted by Crippen LogP contribution is 2.09. The van der Waals surface area contributed by atoms with Crippen LogP contribution < -0.4 is 0 Å². The molecule has 0 aliphatic rings. The molecule has 1 heterocycles. The van der Waals surface area contributed by atoms with Gasteiger partial charge in [-0.25, -0.2) is 4.98 Å². The lowest BCUT2D eigenvalue weighted by atomic mass is 10.3. The lowest BCUT2D eigenvalue weighted by Crippen LogP contribution is -1.97. The predicted molar refractivity (Wildman–Crippen MR) is 49.5 cm³/mol. The first-order valence-corrected chi connectivity index (χ1v) is 4.09. The van der Waals surface area contributed by atoms with E-state index in [1.54, 1.807) is 12.5 Å². The van der Waals surface area contributed by atoms with Crippen LogP contribution in [0.1, 0.15) is 5.69 Å². The second-order valence-corrected chi connectivity index (χ2v) is 2.75. The van der Waals surface area contributed by atoms with E-state index in [2.05, 4.69) is 4.98 Å². The minimum Gasteiger partial charge on any atom is -0.390 e. The van der Waals surface area contributed by atoms with E-state index in [1.807, 2.05) is 34.9 Å². The lowest BCUT2D eigenvalue weighted by molar-refractivity contribution is 0.274. The van der Waals surface area contributed by atoms with Crippen molar-refractivity contribution in [2.45, 2.75) is 6.61 Å². The molecule has 13 heavy (non-hydrogen) atoms. The van der Waals surface area contributed by atoms with Crippen molar-refractivity contribution < 1.29 is 5.11 Å². The Morgan fingerprint density at radius 3 is 2.69 bits per heavy atom. The second kappa shape index (κ2) is 3.41. The largest absolute Gasteiger partial charge is 0.390 e. The first-order valence-electron chi connectivity index (χ1n) is 4.09. The molecular formula is C10H10N2O. The van der Waals surface area contributed by atoms with E-state index in [9.17, 15) is 0 Å². The number of aliphatic hydroxyl groups is 1. The zero-order chi connectivity index (χ0) is 9.10. The fraction of sp³-hybridized carbons (Fsp3) is 0.100. The third-order valence-corrected chi connectivity index (χ3v) is 1.91. The summed E-state index contributed by atoms with van der Waals surface area (Å²) in [5.41, 5.74) is 1.82. The molecule has 0 atom stereocenters. The molecule has 66 valence electrons. The van der Waals surface area contributed by atoms with E-state index in [0.29, 0.717) is 0 Å². The van der Waals surface area contributed by atoms with Gasteiger partial charge in [-0.2, -0.15) is 0 Å². The predicted octanol–water partition coefficient (Wildman–Crippen LogP) is 1.36. The summed E-state index contributed by atoms with van der Waals surface area (Å²) in [5.74, 6) is 0. The first-order chi connectivity index (χ1) is 6.42. The maximum absolute atomic E-state index is 9.01. The number of imidazole rings is 1. The number of benzene rings is 1. The monoisotopic (exact) mass is 174 g/mol. The summed E-state index contributed by atoms with van der Waals surface area (Å²) in [6.07, 6.45) is 3.36. The Morgan fingerprint density at radius 1 is 1.23 bits per heavy atom. The number of hydrogen-bond donors (Lipinski definition) is 1. The molecule has 0 fully saturated rings. The highest BCUT2D eigenvalue weighted by Gasteiger charge is 2.00. The van der Waals surface area contributed by atoms with Crippen molar-refractivity contribution in [3.8, 4) is 5.69 Å². The number of rotatable bonds is 2. The Kier molecular flexibility index (Phi) is 2.10. The summed E-state index contributed by atoms with van der Waals surface area (Å²) < 4.78 is 1.86. The molecule has 0 unspecified atom stereocenters. The van der Waals surface area contributed by atoms with E-state index < -0.39 is 0 Å². The molecule has 3 nitrogen and oxygen atoms in total. The van der Waals surface area contributed by atoms with Gasteiger partial charge in [0.05, 0.1) is 24.8 Å². The van der Waals surface area contributed by atoms with Crippen molar-refractivity contribution in [3.63, 3.8) is 0 Å². The molecular weight excluding hydrogens is 164 g/mol. The Labute approximate surface area is 76.3 Å². The zero-order valence-corrected chi connectivity index (χ0v) is 7.09. The fourth-order valence-electron chi connectivity index (χ4n) is 1.26. The van der Waals surface area contributed by atoms with Gasteiger partial charge in [-0.1, -0.05) is 18.2 Å². The molecule has 2 aromatic rings. The summed E-state index contributed by atoms with van der Waals surface area (Å²) in [4.78, 5) is 3.97. The van der Waals surface area contributed by atoms with Crippen molar-refractivity contribution in [1.82, 2.24) is 9.55 Å². The number of nitrogens with zero attached hydrogens (tertiary/aromatic N) is 2. The van der Waals surface area contributed by atoms with Crippen molar-refractivity contribution in [2.75, 3.05) is 0 Å². The molecule has 2 rings (SSSR count). The quantitative estimate of drug-likeness (QED) is 0.746. The summed E-state index contributed by atoms with van der Waals surface area (Å²) in [7, 11) is 0. The van der Waals surface area contributed by atoms with Crippen molar-refractivity contribution in [2.24, 2.45) is 0 Å². The van der Waals surface area contributed by atoms with Gasteiger partial charge in [0.25, 0.3) is 0 Å². The van der Waals surface area contributed by atoms with Crippen molar-refractivity contribution in [1.29, 1.82) is 0 Å². The average molecular weight is 174 g/mol. The molecule has 0 aliphatic carbocycles. The highest BCUT2D eigenvalue weighted by molar-refractivity contribution is 5.32. The van der Waals surface area contributed by atoms with Crippen LogP contribution in [0.15, 0.2) is 42.9 Å². The number of aliphatic hydroxyl groups excluding tert-OH is 1. The fourth-order valence-corrected chi connectivity index (χ4v) is 1.26. The number of hydrogen-bond acceptors (Lipinski definition) is 2. The minimum absolute atomic E-state index is 0.00882. The molecule has 0 aliphatic heterocycles. The van der Waals surface area contributed by atoms with Crippen molar-refractivity contribution >= 4 is 0 Å². The molecule has 0 radical (unpaired) electrons. The van der Waals surface area contributed by atoms with Gasteiger partial charge >= 0.3 is 0 Å². The lowest BCUT2D eigenvalue weighted by Gasteiger charge is -2.04. The zero-order valence-electron chi connectivity index (χ0n) is 7.09. The molecule has 0 saturated carbocycles. The number of aromatic nitrogens is 2. The van der Waals surface area contributed by atoms with E-state index in [1.165, 1.54) is 0 Å². The second-order valence-electron chi connectivity index (χ2n) is 2.75. The van der Waals surface area contributed by atoms with Gasteiger partial charge in [-0.3, -0.25) is 0 Å². The normalized spacial score (nSPS) is 10.2.